The molecule has 0 amide bonds. The van der Waals surface area contributed by atoms with E-state index in [-0.39, 0.29) is 13.2 Å². The Hall–Kier alpha value is -0.690. The lowest BCUT2D eigenvalue weighted by Gasteiger charge is -2.01. The van der Waals surface area contributed by atoms with Gasteiger partial charge in [-0.15, -0.1) is 0 Å². The lowest BCUT2D eigenvalue weighted by Crippen LogP contribution is -2.15. The second-order valence-electron chi connectivity index (χ2n) is 6.31. The smallest absolute Gasteiger partial charge is 0.303 e. The first-order chi connectivity index (χ1) is 12.1. The van der Waals surface area contributed by atoms with Crippen molar-refractivity contribution in [2.24, 2.45) is 0 Å². The molecular weight excluding hydrogens is 324 g/mol. The summed E-state index contributed by atoms with van der Waals surface area (Å²) in [6.45, 7) is 3.52. The van der Waals surface area contributed by atoms with Crippen molar-refractivity contribution in [2.75, 3.05) is 26.4 Å². The molecule has 1 aliphatic heterocycles. The van der Waals surface area contributed by atoms with E-state index in [1.807, 2.05) is 0 Å². The maximum atomic E-state index is 10.3. The topological polar surface area (TPSA) is 111 Å². The van der Waals surface area contributed by atoms with Crippen LogP contribution in [0.3, 0.4) is 0 Å². The number of aliphatic carboxylic acids is 1. The first-order valence-electron chi connectivity index (χ1n) is 9.77. The lowest BCUT2D eigenvalue weighted by molar-refractivity contribution is -0.137. The van der Waals surface area contributed by atoms with Crippen LogP contribution in [0.1, 0.15) is 84.0 Å². The Balaban J connectivity index is 0. The molecule has 6 nitrogen and oxygen atoms in total. The van der Waals surface area contributed by atoms with Gasteiger partial charge in [-0.25, -0.2) is 0 Å². The van der Waals surface area contributed by atoms with Crippen molar-refractivity contribution in [3.05, 3.63) is 0 Å². The molecule has 1 fully saturated rings. The number of hydrogen-bond acceptors (Lipinski definition) is 5. The predicted octanol–water partition coefficient (Wildman–Crippen LogP) is 3.12. The minimum Gasteiger partial charge on any atom is -0.481 e. The molecule has 0 aliphatic carbocycles. The van der Waals surface area contributed by atoms with Crippen molar-refractivity contribution in [1.29, 1.82) is 0 Å². The van der Waals surface area contributed by atoms with Crippen LogP contribution in [0.5, 0.6) is 0 Å². The second kappa shape index (κ2) is 23.3. The first kappa shape index (κ1) is 26.5. The highest BCUT2D eigenvalue weighted by Gasteiger charge is 1.96. The number of hydrogen-bond donors (Lipinski definition) is 4. The number of unbranched alkanes of at least 4 members (excludes halogenated alkanes) is 10. The van der Waals surface area contributed by atoms with Crippen molar-refractivity contribution in [3.8, 4) is 0 Å². The Morgan fingerprint density at radius 3 is 1.44 bits per heavy atom. The van der Waals surface area contributed by atoms with Gasteiger partial charge in [-0.05, 0) is 6.42 Å². The zero-order valence-electron chi connectivity index (χ0n) is 16.0. The SMILES string of the molecule is C1CO1.CCCCCCCCCCCCCC(=O)O.OCC(O)CO. The number of epoxide rings is 1. The monoisotopic (exact) mass is 364 g/mol. The van der Waals surface area contributed by atoms with Crippen molar-refractivity contribution in [2.45, 2.75) is 90.1 Å². The molecule has 152 valence electrons. The molecule has 25 heavy (non-hydrogen) atoms. The quantitative estimate of drug-likeness (QED) is 0.278. The molecule has 0 spiro atoms. The molecule has 1 saturated heterocycles. The summed E-state index contributed by atoms with van der Waals surface area (Å²) in [6, 6.07) is 0. The fourth-order valence-corrected chi connectivity index (χ4v) is 2.00. The zero-order chi connectivity index (χ0) is 19.2. The summed E-state index contributed by atoms with van der Waals surface area (Å²) in [5.41, 5.74) is 0. The Morgan fingerprint density at radius 1 is 0.840 bits per heavy atom. The maximum absolute atomic E-state index is 10.3. The molecule has 1 aliphatic rings. The summed E-state index contributed by atoms with van der Waals surface area (Å²) in [4.78, 5) is 10.3. The van der Waals surface area contributed by atoms with Gasteiger partial charge in [0.2, 0.25) is 0 Å². The van der Waals surface area contributed by atoms with E-state index in [0.717, 1.165) is 26.1 Å². The molecule has 0 atom stereocenters. The summed E-state index contributed by atoms with van der Waals surface area (Å²) in [6.07, 6.45) is 13.4. The molecule has 1 heterocycles. The van der Waals surface area contributed by atoms with Gasteiger partial charge in [0.1, 0.15) is 6.10 Å². The van der Waals surface area contributed by atoms with E-state index in [9.17, 15) is 4.79 Å². The number of ether oxygens (including phenoxy) is 1. The number of carboxylic acid groups (broad SMARTS) is 1. The van der Waals surface area contributed by atoms with Crippen LogP contribution < -0.4 is 0 Å². The van der Waals surface area contributed by atoms with E-state index in [2.05, 4.69) is 11.7 Å². The Kier molecular flexibility index (Phi) is 24.7. The average Bonchev–Trinajstić information content (AvgIpc) is 3.48. The second-order valence-corrected chi connectivity index (χ2v) is 6.31. The minimum atomic E-state index is -0.954. The van der Waals surface area contributed by atoms with Gasteiger partial charge in [0.25, 0.3) is 0 Å². The van der Waals surface area contributed by atoms with E-state index in [1.165, 1.54) is 57.8 Å². The van der Waals surface area contributed by atoms with Crippen molar-refractivity contribution >= 4 is 5.97 Å². The van der Waals surface area contributed by atoms with Crippen LogP contribution in [0.15, 0.2) is 0 Å². The number of carboxylic acids is 1. The van der Waals surface area contributed by atoms with E-state index in [1.54, 1.807) is 0 Å². The number of aliphatic hydroxyl groups excluding tert-OH is 3. The van der Waals surface area contributed by atoms with Crippen molar-refractivity contribution < 1.29 is 30.0 Å². The third-order valence-electron chi connectivity index (χ3n) is 3.62. The van der Waals surface area contributed by atoms with E-state index < -0.39 is 12.1 Å². The summed E-state index contributed by atoms with van der Waals surface area (Å²) in [5.74, 6) is -0.657. The van der Waals surface area contributed by atoms with Gasteiger partial charge in [-0.2, -0.15) is 0 Å². The average molecular weight is 365 g/mol. The molecule has 0 unspecified atom stereocenters. The molecule has 0 radical (unpaired) electrons. The molecule has 0 aromatic heterocycles. The van der Waals surface area contributed by atoms with Gasteiger partial charge in [-0.1, -0.05) is 71.1 Å². The zero-order valence-corrected chi connectivity index (χ0v) is 16.0. The largest absolute Gasteiger partial charge is 0.481 e. The minimum absolute atomic E-state index is 0.344. The molecule has 0 saturated carbocycles. The number of carbonyl (C=O) groups is 1. The van der Waals surface area contributed by atoms with Crippen LogP contribution >= 0.6 is 0 Å². The molecule has 1 rings (SSSR count). The summed E-state index contributed by atoms with van der Waals surface area (Å²) < 4.78 is 4.50. The fraction of sp³-hybridized carbons (Fsp3) is 0.947. The molecular formula is C19H40O6. The van der Waals surface area contributed by atoms with Crippen LogP contribution in [0.4, 0.5) is 0 Å². The number of rotatable bonds is 14. The van der Waals surface area contributed by atoms with Crippen molar-refractivity contribution in [1.82, 2.24) is 0 Å². The molecule has 0 aromatic carbocycles. The van der Waals surface area contributed by atoms with E-state index in [4.69, 9.17) is 20.4 Å². The van der Waals surface area contributed by atoms with Gasteiger partial charge in [0.05, 0.1) is 26.4 Å². The normalized spacial score (nSPS) is 12.0. The van der Waals surface area contributed by atoms with Gasteiger partial charge in [0.15, 0.2) is 0 Å². The summed E-state index contributed by atoms with van der Waals surface area (Å²) in [7, 11) is 0. The lowest BCUT2D eigenvalue weighted by atomic mass is 10.1. The molecule has 0 bridgehead atoms. The highest BCUT2D eigenvalue weighted by Crippen LogP contribution is 2.11. The van der Waals surface area contributed by atoms with Gasteiger partial charge >= 0.3 is 5.97 Å². The van der Waals surface area contributed by atoms with Crippen LogP contribution in [-0.2, 0) is 9.53 Å². The highest BCUT2D eigenvalue weighted by molar-refractivity contribution is 5.66. The first-order valence-corrected chi connectivity index (χ1v) is 9.77. The third-order valence-corrected chi connectivity index (χ3v) is 3.62. The predicted molar refractivity (Wildman–Crippen MR) is 99.7 cm³/mol. The van der Waals surface area contributed by atoms with Gasteiger partial charge < -0.3 is 25.2 Å². The fourth-order valence-electron chi connectivity index (χ4n) is 2.00. The Labute approximate surface area is 153 Å². The summed E-state index contributed by atoms with van der Waals surface area (Å²) in [5, 5.41) is 32.5. The number of aliphatic hydroxyl groups is 3. The van der Waals surface area contributed by atoms with Crippen LogP contribution in [0, 0.1) is 0 Å². The highest BCUT2D eigenvalue weighted by atomic mass is 16.6. The maximum Gasteiger partial charge on any atom is 0.303 e. The van der Waals surface area contributed by atoms with E-state index >= 15 is 0 Å². The Morgan fingerprint density at radius 2 is 1.20 bits per heavy atom. The molecule has 4 N–H and O–H groups in total. The molecule has 0 aromatic rings. The van der Waals surface area contributed by atoms with Crippen LogP contribution in [-0.4, -0.2) is 58.9 Å². The van der Waals surface area contributed by atoms with Crippen molar-refractivity contribution in [3.63, 3.8) is 0 Å². The van der Waals surface area contributed by atoms with Gasteiger partial charge in [-0.3, -0.25) is 4.79 Å². The van der Waals surface area contributed by atoms with Crippen LogP contribution in [0.25, 0.3) is 0 Å². The van der Waals surface area contributed by atoms with Crippen LogP contribution in [0.2, 0.25) is 0 Å². The Bertz CT molecular complexity index is 252. The summed E-state index contributed by atoms with van der Waals surface area (Å²) >= 11 is 0. The standard InChI is InChI=1S/C14H28O2.C3H8O3.C2H4O/c1-2-3-4-5-6-7-8-9-10-11-12-13-14(15)16;4-1-3(6)2-5;1-2-3-1/h2-13H2,1H3,(H,15,16);3-6H,1-2H2;1-2H2. The van der Waals surface area contributed by atoms with E-state index in [0.29, 0.717) is 6.42 Å². The molecule has 6 heteroatoms. The van der Waals surface area contributed by atoms with Gasteiger partial charge in [0, 0.05) is 6.42 Å². The third kappa shape index (κ3) is 35.3.